The zero-order valence-corrected chi connectivity index (χ0v) is 17.4. The minimum atomic E-state index is -4.71. The van der Waals surface area contributed by atoms with E-state index in [1.807, 2.05) is 0 Å². The predicted molar refractivity (Wildman–Crippen MR) is 108 cm³/mol. The number of benzene rings is 2. The van der Waals surface area contributed by atoms with Gasteiger partial charge in [0, 0.05) is 11.4 Å². The van der Waals surface area contributed by atoms with Gasteiger partial charge in [0.15, 0.2) is 0 Å². The van der Waals surface area contributed by atoms with Crippen LogP contribution in [-0.4, -0.2) is 0 Å². The quantitative estimate of drug-likeness (QED) is 0.366. The Hall–Kier alpha value is -2.09. The van der Waals surface area contributed by atoms with Crippen LogP contribution >= 0.6 is 11.6 Å². The van der Waals surface area contributed by atoms with E-state index < -0.39 is 40.3 Å². The number of hydrogen-bond donors (Lipinski definition) is 2. The van der Waals surface area contributed by atoms with Crippen LogP contribution in [-0.2, 0) is 18.8 Å². The molecule has 0 fully saturated rings. The standard InChI is InChI=1S/C21H23ClF6N2/c1-10(2)15-7-13(29)6-12(18(15)20(23,24)25)5-4-11(3)16-8-14(30)9-17(22)19(16)21(26,27)28/h6-11H,4-5,29-30H2,1-3H3. The van der Waals surface area contributed by atoms with E-state index in [2.05, 4.69) is 0 Å². The second-order valence-corrected chi connectivity index (χ2v) is 8.11. The molecule has 166 valence electrons. The zero-order valence-electron chi connectivity index (χ0n) is 16.7. The molecule has 0 aromatic heterocycles. The second kappa shape index (κ2) is 8.57. The van der Waals surface area contributed by atoms with E-state index in [0.29, 0.717) is 0 Å². The van der Waals surface area contributed by atoms with Gasteiger partial charge in [-0.3, -0.25) is 0 Å². The number of anilines is 2. The smallest absolute Gasteiger partial charge is 0.399 e. The van der Waals surface area contributed by atoms with E-state index in [4.69, 9.17) is 23.1 Å². The van der Waals surface area contributed by atoms with Crippen molar-refractivity contribution < 1.29 is 26.3 Å². The molecule has 0 saturated carbocycles. The maximum atomic E-state index is 13.8. The molecule has 2 rings (SSSR count). The summed E-state index contributed by atoms with van der Waals surface area (Å²) in [4.78, 5) is 0. The van der Waals surface area contributed by atoms with Crippen LogP contribution in [0.15, 0.2) is 24.3 Å². The van der Waals surface area contributed by atoms with Crippen molar-refractivity contribution in [3.8, 4) is 0 Å². The van der Waals surface area contributed by atoms with Gasteiger partial charge in [-0.05, 0) is 65.6 Å². The molecule has 1 unspecified atom stereocenters. The lowest BCUT2D eigenvalue weighted by molar-refractivity contribution is -0.139. The fraction of sp³-hybridized carbons (Fsp3) is 0.429. The molecule has 9 heteroatoms. The molecule has 30 heavy (non-hydrogen) atoms. The topological polar surface area (TPSA) is 52.0 Å². The molecule has 0 radical (unpaired) electrons. The highest BCUT2D eigenvalue weighted by molar-refractivity contribution is 6.31. The first kappa shape index (κ1) is 24.2. The van der Waals surface area contributed by atoms with E-state index in [1.54, 1.807) is 13.8 Å². The lowest BCUT2D eigenvalue weighted by Crippen LogP contribution is -2.16. The van der Waals surface area contributed by atoms with Gasteiger partial charge in [-0.25, -0.2) is 0 Å². The molecular formula is C21H23ClF6N2. The van der Waals surface area contributed by atoms with Gasteiger partial charge in [0.1, 0.15) is 0 Å². The number of aryl methyl sites for hydroxylation is 1. The van der Waals surface area contributed by atoms with Crippen molar-refractivity contribution in [1.29, 1.82) is 0 Å². The highest BCUT2D eigenvalue weighted by Gasteiger charge is 2.39. The van der Waals surface area contributed by atoms with Crippen molar-refractivity contribution in [3.63, 3.8) is 0 Å². The fourth-order valence-electron chi connectivity index (χ4n) is 3.62. The van der Waals surface area contributed by atoms with Crippen molar-refractivity contribution in [2.45, 2.75) is 57.8 Å². The highest BCUT2D eigenvalue weighted by atomic mass is 35.5. The molecule has 0 aliphatic heterocycles. The Balaban J connectivity index is 2.46. The number of hydrogen-bond acceptors (Lipinski definition) is 2. The van der Waals surface area contributed by atoms with Crippen molar-refractivity contribution in [1.82, 2.24) is 0 Å². The average molecular weight is 453 g/mol. The monoisotopic (exact) mass is 452 g/mol. The van der Waals surface area contributed by atoms with Gasteiger partial charge in [-0.2, -0.15) is 26.3 Å². The summed E-state index contributed by atoms with van der Waals surface area (Å²) in [6, 6.07) is 4.70. The summed E-state index contributed by atoms with van der Waals surface area (Å²) in [5, 5.41) is -0.536. The molecule has 1 atom stereocenters. The molecule has 0 aliphatic carbocycles. The second-order valence-electron chi connectivity index (χ2n) is 7.70. The first-order chi connectivity index (χ1) is 13.6. The van der Waals surface area contributed by atoms with Crippen LogP contribution in [0.1, 0.15) is 66.8 Å². The van der Waals surface area contributed by atoms with E-state index in [9.17, 15) is 26.3 Å². The average Bonchev–Trinajstić information content (AvgIpc) is 2.55. The van der Waals surface area contributed by atoms with Crippen molar-refractivity contribution >= 4 is 23.0 Å². The number of rotatable bonds is 5. The third-order valence-electron chi connectivity index (χ3n) is 4.98. The molecular weight excluding hydrogens is 430 g/mol. The van der Waals surface area contributed by atoms with Crippen molar-refractivity contribution in [3.05, 3.63) is 57.1 Å². The summed E-state index contributed by atoms with van der Waals surface area (Å²) in [7, 11) is 0. The SMILES string of the molecule is CC(C)c1cc(N)cc(CCC(C)c2cc(N)cc(Cl)c2C(F)(F)F)c1C(F)(F)F. The number of nitrogens with two attached hydrogens (primary N) is 2. The van der Waals surface area contributed by atoms with Crippen LogP contribution in [0.5, 0.6) is 0 Å². The Morgan fingerprint density at radius 1 is 0.800 bits per heavy atom. The van der Waals surface area contributed by atoms with Crippen LogP contribution in [0.3, 0.4) is 0 Å². The maximum Gasteiger partial charge on any atom is 0.418 e. The van der Waals surface area contributed by atoms with Gasteiger partial charge < -0.3 is 11.5 Å². The number of nitrogen functional groups attached to an aromatic ring is 2. The molecule has 0 spiro atoms. The van der Waals surface area contributed by atoms with Crippen molar-refractivity contribution in [2.24, 2.45) is 0 Å². The summed E-state index contributed by atoms with van der Waals surface area (Å²) in [5.41, 5.74) is 9.77. The largest absolute Gasteiger partial charge is 0.418 e. The van der Waals surface area contributed by atoms with Crippen molar-refractivity contribution in [2.75, 3.05) is 11.5 Å². The summed E-state index contributed by atoms with van der Waals surface area (Å²) >= 11 is 5.78. The van der Waals surface area contributed by atoms with Gasteiger partial charge in [0.2, 0.25) is 0 Å². The zero-order chi connectivity index (χ0) is 23.0. The summed E-state index contributed by atoms with van der Waals surface area (Å²) in [6.07, 6.45) is -9.41. The van der Waals surface area contributed by atoms with Crippen LogP contribution in [0.25, 0.3) is 0 Å². The maximum absolute atomic E-state index is 13.8. The molecule has 2 aromatic carbocycles. The predicted octanol–water partition coefficient (Wildman–Crippen LogP) is 7.40. The van der Waals surface area contributed by atoms with E-state index >= 15 is 0 Å². The molecule has 0 saturated heterocycles. The summed E-state index contributed by atoms with van der Waals surface area (Å²) in [6.45, 7) is 4.75. The van der Waals surface area contributed by atoms with Crippen LogP contribution in [0, 0.1) is 0 Å². The molecule has 0 aliphatic rings. The third kappa shape index (κ3) is 5.33. The van der Waals surface area contributed by atoms with Gasteiger partial charge >= 0.3 is 12.4 Å². The van der Waals surface area contributed by atoms with Crippen LogP contribution in [0.4, 0.5) is 37.7 Å². The lowest BCUT2D eigenvalue weighted by atomic mass is 9.86. The molecule has 0 heterocycles. The molecule has 0 bridgehead atoms. The van der Waals surface area contributed by atoms with E-state index in [0.717, 1.165) is 6.07 Å². The van der Waals surface area contributed by atoms with E-state index in [1.165, 1.54) is 25.1 Å². The van der Waals surface area contributed by atoms with Gasteiger partial charge in [0.05, 0.1) is 16.1 Å². The Bertz CT molecular complexity index is 919. The first-order valence-electron chi connectivity index (χ1n) is 9.28. The Morgan fingerprint density at radius 3 is 1.80 bits per heavy atom. The van der Waals surface area contributed by atoms with E-state index in [-0.39, 0.29) is 40.9 Å². The Kier molecular flexibility index (Phi) is 6.91. The minimum absolute atomic E-state index is 0.0208. The Labute approximate surface area is 176 Å². The minimum Gasteiger partial charge on any atom is -0.399 e. The van der Waals surface area contributed by atoms with Gasteiger partial charge in [-0.1, -0.05) is 32.4 Å². The lowest BCUT2D eigenvalue weighted by Gasteiger charge is -2.23. The molecule has 2 aromatic rings. The number of halogens is 7. The first-order valence-corrected chi connectivity index (χ1v) is 9.66. The molecule has 2 nitrogen and oxygen atoms in total. The third-order valence-corrected chi connectivity index (χ3v) is 5.28. The number of alkyl halides is 6. The summed E-state index contributed by atoms with van der Waals surface area (Å²) < 4.78 is 81.7. The fourth-order valence-corrected chi connectivity index (χ4v) is 3.96. The van der Waals surface area contributed by atoms with Crippen LogP contribution in [0.2, 0.25) is 5.02 Å². The van der Waals surface area contributed by atoms with Gasteiger partial charge in [-0.15, -0.1) is 0 Å². The van der Waals surface area contributed by atoms with Gasteiger partial charge in [0.25, 0.3) is 0 Å². The van der Waals surface area contributed by atoms with Crippen LogP contribution < -0.4 is 11.5 Å². The highest BCUT2D eigenvalue weighted by Crippen LogP contribution is 2.43. The summed E-state index contributed by atoms with van der Waals surface area (Å²) in [5.74, 6) is -1.17. The molecule has 0 amide bonds. The molecule has 4 N–H and O–H groups in total. The Morgan fingerprint density at radius 2 is 1.30 bits per heavy atom. The normalized spacial score (nSPS) is 13.7.